The minimum atomic E-state index is -0.0132. The number of benzene rings is 3. The Hall–Kier alpha value is -2.08. The van der Waals surface area contributed by atoms with Gasteiger partial charge in [0.05, 0.1) is 0 Å². The highest BCUT2D eigenvalue weighted by Gasteiger charge is 2.24. The van der Waals surface area contributed by atoms with E-state index in [-0.39, 0.29) is 5.41 Å². The van der Waals surface area contributed by atoms with E-state index in [0.717, 1.165) is 22.3 Å². The van der Waals surface area contributed by atoms with Gasteiger partial charge in [0.15, 0.2) is 0 Å². The van der Waals surface area contributed by atoms with Crippen molar-refractivity contribution in [3.63, 3.8) is 0 Å². The van der Waals surface area contributed by atoms with Crippen molar-refractivity contribution in [2.45, 2.75) is 47.0 Å². The van der Waals surface area contributed by atoms with Gasteiger partial charge in [0.2, 0.25) is 0 Å². The standard InChI is InChI=1S/C25H24B4/c1-13-9-7-11-16(20-15(3)21(26)23(28)24(29)22(20)27)18(13)19-14(2)10-8-12-17(19)25(4,5)6/h7-12H,1-6H3. The molecule has 0 unspecified atom stereocenters. The lowest BCUT2D eigenvalue weighted by Gasteiger charge is -2.28. The zero-order chi connectivity index (χ0) is 21.7. The monoisotopic (exact) mass is 368 g/mol. The Bertz CT molecular complexity index is 1080. The number of hydrogen-bond acceptors (Lipinski definition) is 0. The van der Waals surface area contributed by atoms with E-state index in [1.54, 1.807) is 0 Å². The molecule has 0 aliphatic rings. The first-order valence-corrected chi connectivity index (χ1v) is 9.89. The predicted molar refractivity (Wildman–Crippen MR) is 132 cm³/mol. The van der Waals surface area contributed by atoms with E-state index in [2.05, 4.69) is 65.0 Å². The zero-order valence-corrected chi connectivity index (χ0v) is 18.3. The van der Waals surface area contributed by atoms with Gasteiger partial charge in [0.1, 0.15) is 31.4 Å². The summed E-state index contributed by atoms with van der Waals surface area (Å²) in [7, 11) is 25.1. The van der Waals surface area contributed by atoms with E-state index in [0.29, 0.717) is 21.9 Å². The molecule has 0 atom stereocenters. The van der Waals surface area contributed by atoms with Gasteiger partial charge in [-0.2, -0.15) is 0 Å². The predicted octanol–water partition coefficient (Wildman–Crippen LogP) is 2.42. The van der Waals surface area contributed by atoms with Crippen molar-refractivity contribution in [1.82, 2.24) is 0 Å². The zero-order valence-electron chi connectivity index (χ0n) is 18.3. The van der Waals surface area contributed by atoms with Gasteiger partial charge in [-0.3, -0.25) is 0 Å². The molecule has 4 heteroatoms. The molecule has 8 radical (unpaired) electrons. The van der Waals surface area contributed by atoms with Crippen LogP contribution >= 0.6 is 0 Å². The molecule has 136 valence electrons. The van der Waals surface area contributed by atoms with Gasteiger partial charge in [-0.15, -0.1) is 16.4 Å². The molecule has 0 nitrogen and oxygen atoms in total. The SMILES string of the molecule is [B]c1c([B])c([B])c(-c2cccc(C)c2-c2c(C)cccc2C(C)(C)C)c(C)c1[B]. The van der Waals surface area contributed by atoms with Crippen LogP contribution in [0.2, 0.25) is 0 Å². The van der Waals surface area contributed by atoms with Gasteiger partial charge >= 0.3 is 0 Å². The summed E-state index contributed by atoms with van der Waals surface area (Å²) >= 11 is 0. The maximum Gasteiger partial charge on any atom is 0.113 e. The molecule has 0 saturated carbocycles. The maximum atomic E-state index is 6.48. The molecule has 3 aromatic rings. The molecule has 0 fully saturated rings. The lowest BCUT2D eigenvalue weighted by atomic mass is 9.62. The molecule has 0 spiro atoms. The van der Waals surface area contributed by atoms with Crippen LogP contribution in [0, 0.1) is 20.8 Å². The molecule has 0 aromatic heterocycles. The van der Waals surface area contributed by atoms with E-state index in [1.807, 2.05) is 13.0 Å². The number of rotatable bonds is 2. The van der Waals surface area contributed by atoms with E-state index in [9.17, 15) is 0 Å². The Balaban J connectivity index is 2.50. The lowest BCUT2D eigenvalue weighted by molar-refractivity contribution is 0.591. The van der Waals surface area contributed by atoms with E-state index in [1.165, 1.54) is 22.3 Å². The summed E-state index contributed by atoms with van der Waals surface area (Å²) in [6.45, 7) is 13.0. The fourth-order valence-corrected chi connectivity index (χ4v) is 4.14. The third-order valence-electron chi connectivity index (χ3n) is 5.79. The van der Waals surface area contributed by atoms with Gasteiger partial charge < -0.3 is 0 Å². The van der Waals surface area contributed by atoms with Crippen LogP contribution in [0.15, 0.2) is 36.4 Å². The first-order chi connectivity index (χ1) is 13.5. The van der Waals surface area contributed by atoms with Crippen molar-refractivity contribution in [3.8, 4) is 22.3 Å². The molecular formula is C25H24B4. The van der Waals surface area contributed by atoms with Crippen molar-refractivity contribution in [1.29, 1.82) is 0 Å². The van der Waals surface area contributed by atoms with Crippen LogP contribution in [0.5, 0.6) is 0 Å². The summed E-state index contributed by atoms with van der Waals surface area (Å²) in [4.78, 5) is 0. The Morgan fingerprint density at radius 2 is 1.10 bits per heavy atom. The second-order valence-corrected chi connectivity index (χ2v) is 8.90. The van der Waals surface area contributed by atoms with E-state index in [4.69, 9.17) is 31.4 Å². The van der Waals surface area contributed by atoms with Crippen molar-refractivity contribution in [2.24, 2.45) is 0 Å². The molecule has 0 aliphatic carbocycles. The highest BCUT2D eigenvalue weighted by atomic mass is 14.3. The summed E-state index contributed by atoms with van der Waals surface area (Å²) in [6, 6.07) is 12.8. The summed E-state index contributed by atoms with van der Waals surface area (Å²) in [5, 5.41) is 0. The van der Waals surface area contributed by atoms with Crippen LogP contribution in [-0.2, 0) is 5.41 Å². The molecule has 0 amide bonds. The highest BCUT2D eigenvalue weighted by Crippen LogP contribution is 2.41. The fourth-order valence-electron chi connectivity index (χ4n) is 4.14. The van der Waals surface area contributed by atoms with Gasteiger partial charge in [0.25, 0.3) is 0 Å². The topological polar surface area (TPSA) is 0 Å². The summed E-state index contributed by atoms with van der Waals surface area (Å²) in [6.07, 6.45) is 0. The maximum absolute atomic E-state index is 6.48. The summed E-state index contributed by atoms with van der Waals surface area (Å²) in [5.74, 6) is 0. The summed E-state index contributed by atoms with van der Waals surface area (Å²) < 4.78 is 0. The molecule has 0 N–H and O–H groups in total. The number of aryl methyl sites for hydroxylation is 2. The van der Waals surface area contributed by atoms with Crippen LogP contribution in [0.3, 0.4) is 0 Å². The third-order valence-corrected chi connectivity index (χ3v) is 5.79. The summed E-state index contributed by atoms with van der Waals surface area (Å²) in [5.41, 5.74) is 10.5. The van der Waals surface area contributed by atoms with Crippen LogP contribution in [0.25, 0.3) is 22.3 Å². The van der Waals surface area contributed by atoms with Crippen molar-refractivity contribution in [3.05, 3.63) is 58.7 Å². The first-order valence-electron chi connectivity index (χ1n) is 9.89. The Kier molecular flexibility index (Phi) is 5.69. The Morgan fingerprint density at radius 3 is 1.69 bits per heavy atom. The molecule has 0 heterocycles. The first kappa shape index (κ1) is 21.6. The van der Waals surface area contributed by atoms with Gasteiger partial charge in [-0.05, 0) is 65.1 Å². The second kappa shape index (κ2) is 7.63. The Labute approximate surface area is 181 Å². The molecule has 3 aromatic carbocycles. The minimum absolute atomic E-state index is 0.0132. The van der Waals surface area contributed by atoms with Crippen LogP contribution in [-0.4, -0.2) is 31.4 Å². The van der Waals surface area contributed by atoms with Crippen LogP contribution in [0.1, 0.15) is 43.0 Å². The van der Waals surface area contributed by atoms with E-state index < -0.39 is 0 Å². The van der Waals surface area contributed by atoms with Gasteiger partial charge in [-0.1, -0.05) is 68.2 Å². The quantitative estimate of drug-likeness (QED) is 0.610. The lowest BCUT2D eigenvalue weighted by Crippen LogP contribution is -2.49. The van der Waals surface area contributed by atoms with Crippen molar-refractivity contribution < 1.29 is 0 Å². The smallest absolute Gasteiger partial charge is 0.111 e. The van der Waals surface area contributed by atoms with Crippen molar-refractivity contribution in [2.75, 3.05) is 0 Å². The van der Waals surface area contributed by atoms with Crippen molar-refractivity contribution >= 4 is 53.2 Å². The molecule has 3 rings (SSSR count). The van der Waals surface area contributed by atoms with Crippen LogP contribution < -0.4 is 21.9 Å². The molecule has 29 heavy (non-hydrogen) atoms. The Morgan fingerprint density at radius 1 is 0.586 bits per heavy atom. The largest absolute Gasteiger partial charge is 0.113 e. The minimum Gasteiger partial charge on any atom is -0.111 e. The normalized spacial score (nSPS) is 11.7. The molecule has 0 saturated heterocycles. The van der Waals surface area contributed by atoms with E-state index >= 15 is 0 Å². The average molecular weight is 368 g/mol. The second-order valence-electron chi connectivity index (χ2n) is 8.90. The average Bonchev–Trinajstić information content (AvgIpc) is 2.65. The molecular weight excluding hydrogens is 344 g/mol. The van der Waals surface area contributed by atoms with Gasteiger partial charge in [-0.25, -0.2) is 0 Å². The molecule has 0 bridgehead atoms. The molecule has 0 aliphatic heterocycles. The fraction of sp³-hybridized carbons (Fsp3) is 0.280. The number of hydrogen-bond donors (Lipinski definition) is 0. The third kappa shape index (κ3) is 3.63. The van der Waals surface area contributed by atoms with Crippen LogP contribution in [0.4, 0.5) is 0 Å². The highest BCUT2D eigenvalue weighted by molar-refractivity contribution is 6.64. The van der Waals surface area contributed by atoms with Gasteiger partial charge in [0, 0.05) is 0 Å².